The van der Waals surface area contributed by atoms with Gasteiger partial charge in [0.1, 0.15) is 0 Å². The monoisotopic (exact) mass is 344 g/mol. The standard InChI is InChI=1S/C21H44OS/c1-4-17-22-18-15-20-23-19-14-12-10-8-6-5-7-9-11-13-16-21(2)3/h21H,4-20H2,1-3H3. The van der Waals surface area contributed by atoms with E-state index in [1.807, 2.05) is 0 Å². The van der Waals surface area contributed by atoms with Crippen LogP contribution >= 0.6 is 11.8 Å². The lowest BCUT2D eigenvalue weighted by molar-refractivity contribution is 0.136. The molecule has 0 bridgehead atoms. The number of rotatable bonds is 19. The van der Waals surface area contributed by atoms with Crippen molar-refractivity contribution in [3.05, 3.63) is 0 Å². The molecule has 0 saturated heterocycles. The molecule has 0 N–H and O–H groups in total. The summed E-state index contributed by atoms with van der Waals surface area (Å²) in [5, 5.41) is 0. The number of thioether (sulfide) groups is 1. The van der Waals surface area contributed by atoms with Crippen LogP contribution in [0.1, 0.15) is 104 Å². The fraction of sp³-hybridized carbons (Fsp3) is 1.00. The molecule has 0 amide bonds. The highest BCUT2D eigenvalue weighted by atomic mass is 32.2. The third-order valence-corrected chi connectivity index (χ3v) is 5.40. The topological polar surface area (TPSA) is 9.23 Å². The first-order valence-corrected chi connectivity index (χ1v) is 11.6. The maximum atomic E-state index is 5.49. The van der Waals surface area contributed by atoms with Crippen LogP contribution in [0.25, 0.3) is 0 Å². The van der Waals surface area contributed by atoms with Crippen LogP contribution in [0.3, 0.4) is 0 Å². The molecule has 0 aliphatic rings. The van der Waals surface area contributed by atoms with E-state index in [4.69, 9.17) is 4.74 Å². The van der Waals surface area contributed by atoms with Crippen LogP contribution in [0.2, 0.25) is 0 Å². The molecule has 0 fully saturated rings. The van der Waals surface area contributed by atoms with Gasteiger partial charge in [-0.25, -0.2) is 0 Å². The number of hydrogen-bond donors (Lipinski definition) is 0. The van der Waals surface area contributed by atoms with E-state index in [9.17, 15) is 0 Å². The number of hydrogen-bond acceptors (Lipinski definition) is 2. The Morgan fingerprint density at radius 1 is 0.652 bits per heavy atom. The maximum absolute atomic E-state index is 5.49. The first-order valence-electron chi connectivity index (χ1n) is 10.4. The van der Waals surface area contributed by atoms with Gasteiger partial charge in [-0.15, -0.1) is 0 Å². The van der Waals surface area contributed by atoms with Crippen molar-refractivity contribution >= 4 is 11.8 Å². The molecule has 0 atom stereocenters. The third kappa shape index (κ3) is 22.3. The van der Waals surface area contributed by atoms with Gasteiger partial charge in [-0.05, 0) is 36.7 Å². The molecule has 140 valence electrons. The molecule has 2 heteroatoms. The number of ether oxygens (including phenoxy) is 1. The minimum atomic E-state index is 0.891. The SMILES string of the molecule is CCCOCCCSCCCCCCCCCCCCC(C)C. The Labute approximate surface area is 151 Å². The first-order chi connectivity index (χ1) is 11.3. The van der Waals surface area contributed by atoms with Crippen LogP contribution in [0, 0.1) is 5.92 Å². The lowest BCUT2D eigenvalue weighted by Crippen LogP contribution is -1.97. The third-order valence-electron chi connectivity index (χ3n) is 4.25. The van der Waals surface area contributed by atoms with Gasteiger partial charge in [0.05, 0.1) is 0 Å². The zero-order valence-electron chi connectivity index (χ0n) is 16.4. The summed E-state index contributed by atoms with van der Waals surface area (Å²) in [6.07, 6.45) is 18.3. The summed E-state index contributed by atoms with van der Waals surface area (Å²) in [5.74, 6) is 3.52. The Balaban J connectivity index is 2.95. The minimum absolute atomic E-state index is 0.891. The summed E-state index contributed by atoms with van der Waals surface area (Å²) in [5.41, 5.74) is 0. The zero-order valence-corrected chi connectivity index (χ0v) is 17.2. The van der Waals surface area contributed by atoms with E-state index in [0.29, 0.717) is 0 Å². The summed E-state index contributed by atoms with van der Waals surface area (Å²) in [4.78, 5) is 0. The van der Waals surface area contributed by atoms with Crippen molar-refractivity contribution in [1.82, 2.24) is 0 Å². The summed E-state index contributed by atoms with van der Waals surface area (Å²) in [6, 6.07) is 0. The Morgan fingerprint density at radius 2 is 1.17 bits per heavy atom. The van der Waals surface area contributed by atoms with Crippen molar-refractivity contribution in [2.45, 2.75) is 104 Å². The molecule has 23 heavy (non-hydrogen) atoms. The summed E-state index contributed by atoms with van der Waals surface area (Å²) in [6.45, 7) is 8.73. The molecule has 1 nitrogen and oxygen atoms in total. The fourth-order valence-electron chi connectivity index (χ4n) is 2.78. The molecular formula is C21H44OS. The lowest BCUT2D eigenvalue weighted by Gasteiger charge is -2.05. The minimum Gasteiger partial charge on any atom is -0.381 e. The van der Waals surface area contributed by atoms with Crippen LogP contribution in [-0.4, -0.2) is 24.7 Å². The molecular weight excluding hydrogens is 300 g/mol. The average molecular weight is 345 g/mol. The van der Waals surface area contributed by atoms with Crippen molar-refractivity contribution in [2.24, 2.45) is 5.92 Å². The van der Waals surface area contributed by atoms with Crippen LogP contribution in [0.4, 0.5) is 0 Å². The van der Waals surface area contributed by atoms with Crippen molar-refractivity contribution in [3.8, 4) is 0 Å². The second-order valence-corrected chi connectivity index (χ2v) is 8.52. The van der Waals surface area contributed by atoms with Gasteiger partial charge in [-0.3, -0.25) is 0 Å². The van der Waals surface area contributed by atoms with E-state index in [1.54, 1.807) is 0 Å². The predicted molar refractivity (Wildman–Crippen MR) is 109 cm³/mol. The van der Waals surface area contributed by atoms with Crippen LogP contribution in [0.5, 0.6) is 0 Å². The van der Waals surface area contributed by atoms with Crippen molar-refractivity contribution in [3.63, 3.8) is 0 Å². The Kier molecular flexibility index (Phi) is 20.6. The van der Waals surface area contributed by atoms with Crippen molar-refractivity contribution in [2.75, 3.05) is 24.7 Å². The van der Waals surface area contributed by atoms with Gasteiger partial charge in [0, 0.05) is 13.2 Å². The highest BCUT2D eigenvalue weighted by Crippen LogP contribution is 2.14. The van der Waals surface area contributed by atoms with E-state index in [-0.39, 0.29) is 0 Å². The largest absolute Gasteiger partial charge is 0.381 e. The normalized spacial score (nSPS) is 11.5. The Hall–Kier alpha value is 0.310. The lowest BCUT2D eigenvalue weighted by atomic mass is 10.0. The van der Waals surface area contributed by atoms with E-state index < -0.39 is 0 Å². The van der Waals surface area contributed by atoms with E-state index in [1.165, 1.54) is 88.6 Å². The van der Waals surface area contributed by atoms with E-state index in [2.05, 4.69) is 32.5 Å². The molecule has 0 radical (unpaired) electrons. The molecule has 0 spiro atoms. The van der Waals surface area contributed by atoms with Gasteiger partial charge < -0.3 is 4.74 Å². The van der Waals surface area contributed by atoms with Gasteiger partial charge in [-0.2, -0.15) is 11.8 Å². The molecule has 0 unspecified atom stereocenters. The smallest absolute Gasteiger partial charge is 0.0473 e. The summed E-state index contributed by atoms with van der Waals surface area (Å²) in [7, 11) is 0. The predicted octanol–water partition coefficient (Wildman–Crippen LogP) is 7.48. The highest BCUT2D eigenvalue weighted by Gasteiger charge is 1.96. The van der Waals surface area contributed by atoms with Crippen LogP contribution < -0.4 is 0 Å². The Bertz CT molecular complexity index is 206. The van der Waals surface area contributed by atoms with Gasteiger partial charge in [0.25, 0.3) is 0 Å². The van der Waals surface area contributed by atoms with E-state index >= 15 is 0 Å². The molecule has 0 aromatic carbocycles. The molecule has 0 aromatic heterocycles. The fourth-order valence-corrected chi connectivity index (χ4v) is 3.72. The second kappa shape index (κ2) is 20.4. The van der Waals surface area contributed by atoms with Gasteiger partial charge >= 0.3 is 0 Å². The van der Waals surface area contributed by atoms with Gasteiger partial charge in [0.2, 0.25) is 0 Å². The van der Waals surface area contributed by atoms with Gasteiger partial charge in [0.15, 0.2) is 0 Å². The maximum Gasteiger partial charge on any atom is 0.0473 e. The Morgan fingerprint density at radius 3 is 1.74 bits per heavy atom. The molecule has 0 rings (SSSR count). The zero-order chi connectivity index (χ0) is 17.0. The van der Waals surface area contributed by atoms with Crippen molar-refractivity contribution in [1.29, 1.82) is 0 Å². The van der Waals surface area contributed by atoms with Crippen LogP contribution in [0.15, 0.2) is 0 Å². The first kappa shape index (κ1) is 23.3. The second-order valence-electron chi connectivity index (χ2n) is 7.30. The van der Waals surface area contributed by atoms with Crippen molar-refractivity contribution < 1.29 is 4.74 Å². The summed E-state index contributed by atoms with van der Waals surface area (Å²) >= 11 is 2.11. The molecule has 0 saturated carbocycles. The van der Waals surface area contributed by atoms with Gasteiger partial charge in [-0.1, -0.05) is 85.0 Å². The molecule has 0 heterocycles. The molecule has 0 aliphatic carbocycles. The summed E-state index contributed by atoms with van der Waals surface area (Å²) < 4.78 is 5.49. The highest BCUT2D eigenvalue weighted by molar-refractivity contribution is 7.99. The van der Waals surface area contributed by atoms with Crippen LogP contribution in [-0.2, 0) is 4.74 Å². The molecule has 0 aromatic rings. The quantitative estimate of drug-likeness (QED) is 0.225. The molecule has 0 aliphatic heterocycles. The average Bonchev–Trinajstić information content (AvgIpc) is 2.53. The number of unbranched alkanes of at least 4 members (excludes halogenated alkanes) is 9. The van der Waals surface area contributed by atoms with E-state index in [0.717, 1.165) is 25.6 Å².